The number of aryl methyl sites for hydroxylation is 1. The molecule has 0 bridgehead atoms. The molecule has 0 aliphatic heterocycles. The lowest BCUT2D eigenvalue weighted by Gasteiger charge is -2.11. The van der Waals surface area contributed by atoms with E-state index in [2.05, 4.69) is 36.8 Å². The van der Waals surface area contributed by atoms with Crippen molar-refractivity contribution < 1.29 is 9.59 Å². The molecule has 9 heteroatoms. The van der Waals surface area contributed by atoms with Gasteiger partial charge in [-0.15, -0.1) is 12.4 Å². The van der Waals surface area contributed by atoms with Crippen molar-refractivity contribution in [1.29, 1.82) is 0 Å². The molecule has 31 heavy (non-hydrogen) atoms. The molecular formula is C22H28BrClN4O2S. The van der Waals surface area contributed by atoms with Gasteiger partial charge < -0.3 is 15.5 Å². The van der Waals surface area contributed by atoms with Crippen LogP contribution in [0.3, 0.4) is 0 Å². The normalized spacial score (nSPS) is 10.2. The Hall–Kier alpha value is -2.00. The second-order valence-electron chi connectivity index (χ2n) is 7.26. The quantitative estimate of drug-likeness (QED) is 0.334. The van der Waals surface area contributed by atoms with Gasteiger partial charge in [0.25, 0.3) is 5.91 Å². The lowest BCUT2D eigenvalue weighted by molar-refractivity contribution is -0.116. The fourth-order valence-corrected chi connectivity index (χ4v) is 3.15. The molecule has 2 rings (SSSR count). The van der Waals surface area contributed by atoms with Gasteiger partial charge in [0.1, 0.15) is 0 Å². The van der Waals surface area contributed by atoms with Crippen LogP contribution in [0, 0.1) is 6.92 Å². The topological polar surface area (TPSA) is 73.5 Å². The summed E-state index contributed by atoms with van der Waals surface area (Å²) >= 11 is 8.64. The minimum absolute atomic E-state index is 0. The van der Waals surface area contributed by atoms with Crippen molar-refractivity contribution in [2.75, 3.05) is 31.3 Å². The third-order valence-electron chi connectivity index (χ3n) is 4.33. The first-order chi connectivity index (χ1) is 14.2. The van der Waals surface area contributed by atoms with Crippen molar-refractivity contribution in [3.05, 3.63) is 58.1 Å². The van der Waals surface area contributed by atoms with Crippen LogP contribution in [0.4, 0.5) is 11.4 Å². The number of nitrogens with zero attached hydrogens (tertiary/aromatic N) is 1. The maximum Gasteiger partial charge on any atom is 0.257 e. The summed E-state index contributed by atoms with van der Waals surface area (Å²) < 4.78 is 0.945. The van der Waals surface area contributed by atoms with Crippen LogP contribution < -0.4 is 16.0 Å². The van der Waals surface area contributed by atoms with E-state index < -0.39 is 0 Å². The molecule has 0 aliphatic carbocycles. The van der Waals surface area contributed by atoms with Crippen molar-refractivity contribution in [2.24, 2.45) is 0 Å². The number of rotatable bonds is 8. The number of nitrogens with one attached hydrogen (secondary N) is 3. The van der Waals surface area contributed by atoms with Gasteiger partial charge in [0.15, 0.2) is 5.11 Å². The van der Waals surface area contributed by atoms with Gasteiger partial charge in [-0.05, 0) is 101 Å². The van der Waals surface area contributed by atoms with Crippen LogP contribution in [0.15, 0.2) is 46.9 Å². The SMILES string of the molecule is Cc1cc(C(=O)NC(=S)Nc2ccc(NC(=O)CCCCN(C)C)cc2)ccc1Br.Cl. The number of carbonyl (C=O) groups is 2. The Morgan fingerprint density at radius 1 is 1.00 bits per heavy atom. The number of anilines is 2. The molecule has 0 aliphatic rings. The zero-order chi connectivity index (χ0) is 22.1. The predicted octanol–water partition coefficient (Wildman–Crippen LogP) is 4.98. The Morgan fingerprint density at radius 3 is 2.19 bits per heavy atom. The van der Waals surface area contributed by atoms with E-state index >= 15 is 0 Å². The van der Waals surface area contributed by atoms with Gasteiger partial charge in [-0.2, -0.15) is 0 Å². The van der Waals surface area contributed by atoms with Crippen LogP contribution in [0.1, 0.15) is 35.2 Å². The standard InChI is InChI=1S/C22H27BrN4O2S.ClH/c1-15-14-16(7-12-19(15)23)21(29)26-22(30)25-18-10-8-17(9-11-18)24-20(28)6-4-5-13-27(2)3;/h7-12,14H,4-6,13H2,1-3H3,(H,24,28)(H2,25,26,29,30);1H. The second-order valence-corrected chi connectivity index (χ2v) is 8.52. The molecular weight excluding hydrogens is 500 g/mol. The Bertz CT molecular complexity index is 907. The summed E-state index contributed by atoms with van der Waals surface area (Å²) in [6.07, 6.45) is 2.35. The number of halogens is 2. The Kier molecular flexibility index (Phi) is 11.7. The van der Waals surface area contributed by atoms with Crippen molar-refractivity contribution >= 4 is 68.9 Å². The predicted molar refractivity (Wildman–Crippen MR) is 137 cm³/mol. The average molecular weight is 528 g/mol. The van der Waals surface area contributed by atoms with Gasteiger partial charge in [-0.25, -0.2) is 0 Å². The summed E-state index contributed by atoms with van der Waals surface area (Å²) in [6, 6.07) is 12.5. The maximum absolute atomic E-state index is 12.3. The Labute approximate surface area is 203 Å². The third kappa shape index (κ3) is 9.78. The highest BCUT2D eigenvalue weighted by Crippen LogP contribution is 2.17. The highest BCUT2D eigenvalue weighted by Gasteiger charge is 2.09. The van der Waals surface area contributed by atoms with Crippen molar-refractivity contribution in [1.82, 2.24) is 10.2 Å². The first-order valence-electron chi connectivity index (χ1n) is 9.67. The highest BCUT2D eigenvalue weighted by molar-refractivity contribution is 9.10. The van der Waals surface area contributed by atoms with E-state index in [1.165, 1.54) is 0 Å². The van der Waals surface area contributed by atoms with Gasteiger partial charge in [0, 0.05) is 27.8 Å². The summed E-state index contributed by atoms with van der Waals surface area (Å²) in [5, 5.41) is 8.74. The zero-order valence-electron chi connectivity index (χ0n) is 17.8. The minimum atomic E-state index is -0.277. The first-order valence-corrected chi connectivity index (χ1v) is 10.9. The van der Waals surface area contributed by atoms with Crippen molar-refractivity contribution in [2.45, 2.75) is 26.2 Å². The number of thiocarbonyl (C=S) groups is 1. The molecule has 0 radical (unpaired) electrons. The summed E-state index contributed by atoms with van der Waals surface area (Å²) in [5.41, 5.74) is 2.94. The van der Waals surface area contributed by atoms with E-state index in [1.54, 1.807) is 36.4 Å². The van der Waals surface area contributed by atoms with Gasteiger partial charge in [-0.3, -0.25) is 14.9 Å². The molecule has 0 saturated heterocycles. The summed E-state index contributed by atoms with van der Waals surface area (Å²) in [4.78, 5) is 26.4. The average Bonchev–Trinajstić information content (AvgIpc) is 2.68. The molecule has 2 amide bonds. The number of hydrogen-bond acceptors (Lipinski definition) is 4. The summed E-state index contributed by atoms with van der Waals surface area (Å²) in [6.45, 7) is 2.90. The van der Waals surface area contributed by atoms with Crippen LogP contribution >= 0.6 is 40.6 Å². The van der Waals surface area contributed by atoms with E-state index in [9.17, 15) is 9.59 Å². The van der Waals surface area contributed by atoms with Crippen molar-refractivity contribution in [3.63, 3.8) is 0 Å². The number of hydrogen-bond donors (Lipinski definition) is 3. The molecule has 0 unspecified atom stereocenters. The van der Waals surface area contributed by atoms with E-state index in [1.807, 2.05) is 27.1 Å². The third-order valence-corrected chi connectivity index (χ3v) is 5.43. The van der Waals surface area contributed by atoms with E-state index in [-0.39, 0.29) is 29.3 Å². The Balaban J connectivity index is 0.00000480. The van der Waals surface area contributed by atoms with Gasteiger partial charge in [0.05, 0.1) is 0 Å². The lowest BCUT2D eigenvalue weighted by Crippen LogP contribution is -2.34. The number of unbranched alkanes of at least 4 members (excludes halogenated alkanes) is 1. The molecule has 3 N–H and O–H groups in total. The van der Waals surface area contributed by atoms with Gasteiger partial charge in [0.2, 0.25) is 5.91 Å². The van der Waals surface area contributed by atoms with Crippen LogP contribution in [0.5, 0.6) is 0 Å². The Morgan fingerprint density at radius 2 is 1.61 bits per heavy atom. The largest absolute Gasteiger partial charge is 0.332 e. The van der Waals surface area contributed by atoms with Crippen molar-refractivity contribution in [3.8, 4) is 0 Å². The molecule has 2 aromatic carbocycles. The first kappa shape index (κ1) is 27.0. The molecule has 0 atom stereocenters. The molecule has 0 saturated carbocycles. The van der Waals surface area contributed by atoms with Crippen LogP contribution in [0.25, 0.3) is 0 Å². The molecule has 0 spiro atoms. The zero-order valence-corrected chi connectivity index (χ0v) is 21.0. The smallest absolute Gasteiger partial charge is 0.257 e. The van der Waals surface area contributed by atoms with Gasteiger partial charge >= 0.3 is 0 Å². The molecule has 0 heterocycles. The minimum Gasteiger partial charge on any atom is -0.332 e. The molecule has 168 valence electrons. The lowest BCUT2D eigenvalue weighted by atomic mass is 10.1. The van der Waals surface area contributed by atoms with E-state index in [4.69, 9.17) is 12.2 Å². The highest BCUT2D eigenvalue weighted by atomic mass is 79.9. The van der Waals surface area contributed by atoms with Crippen LogP contribution in [-0.2, 0) is 4.79 Å². The summed E-state index contributed by atoms with van der Waals surface area (Å²) in [5.74, 6) is -0.275. The molecule has 0 fully saturated rings. The monoisotopic (exact) mass is 526 g/mol. The van der Waals surface area contributed by atoms with E-state index in [0.29, 0.717) is 12.0 Å². The fraction of sp³-hybridized carbons (Fsp3) is 0.318. The fourth-order valence-electron chi connectivity index (χ4n) is 2.70. The maximum atomic E-state index is 12.3. The number of amides is 2. The number of carbonyl (C=O) groups excluding carboxylic acids is 2. The molecule has 2 aromatic rings. The van der Waals surface area contributed by atoms with Crippen LogP contribution in [-0.4, -0.2) is 42.5 Å². The second kappa shape index (κ2) is 13.4. The summed E-state index contributed by atoms with van der Waals surface area (Å²) in [7, 11) is 4.04. The molecule has 6 nitrogen and oxygen atoms in total. The number of benzene rings is 2. The van der Waals surface area contributed by atoms with Crippen LogP contribution in [0.2, 0.25) is 0 Å². The van der Waals surface area contributed by atoms with E-state index in [0.717, 1.165) is 40.8 Å². The molecule has 0 aromatic heterocycles. The van der Waals surface area contributed by atoms with Gasteiger partial charge in [-0.1, -0.05) is 15.9 Å².